The van der Waals surface area contributed by atoms with Gasteiger partial charge in [-0.15, -0.1) is 0 Å². The summed E-state index contributed by atoms with van der Waals surface area (Å²) in [4.78, 5) is 12.5. The van der Waals surface area contributed by atoms with Gasteiger partial charge in [0.1, 0.15) is 11.4 Å². The van der Waals surface area contributed by atoms with Crippen LogP contribution in [0.3, 0.4) is 0 Å². The van der Waals surface area contributed by atoms with Gasteiger partial charge in [0, 0.05) is 12.8 Å². The molecule has 130 valence electrons. The monoisotopic (exact) mass is 321 g/mol. The molecule has 0 bridgehead atoms. The summed E-state index contributed by atoms with van der Waals surface area (Å²) in [6.07, 6.45) is 6.10. The van der Waals surface area contributed by atoms with Crippen LogP contribution in [0.2, 0.25) is 0 Å². The third-order valence-corrected chi connectivity index (χ3v) is 4.07. The van der Waals surface area contributed by atoms with Crippen molar-refractivity contribution in [1.29, 1.82) is 0 Å². The van der Waals surface area contributed by atoms with Gasteiger partial charge >= 0.3 is 0 Å². The smallest absolute Gasteiger partial charge is 0.256 e. The van der Waals surface area contributed by atoms with E-state index >= 15 is 0 Å². The van der Waals surface area contributed by atoms with E-state index in [1.807, 2.05) is 31.2 Å². The molecule has 0 aliphatic carbocycles. The SMILES string of the molecule is CCCCCC(C)(OC)C(=O)Nc1ccc(OCCCC)cc1. The highest BCUT2D eigenvalue weighted by Gasteiger charge is 2.32. The lowest BCUT2D eigenvalue weighted by atomic mass is 9.97. The third kappa shape index (κ3) is 6.61. The van der Waals surface area contributed by atoms with E-state index in [0.717, 1.165) is 56.6 Å². The first-order valence-corrected chi connectivity index (χ1v) is 8.65. The molecule has 4 nitrogen and oxygen atoms in total. The Bertz CT molecular complexity index is 458. The number of anilines is 1. The maximum Gasteiger partial charge on any atom is 0.256 e. The summed E-state index contributed by atoms with van der Waals surface area (Å²) >= 11 is 0. The van der Waals surface area contributed by atoms with Gasteiger partial charge in [0.05, 0.1) is 6.61 Å². The predicted molar refractivity (Wildman–Crippen MR) is 95.0 cm³/mol. The van der Waals surface area contributed by atoms with E-state index in [9.17, 15) is 4.79 Å². The average molecular weight is 321 g/mol. The Morgan fingerprint density at radius 1 is 1.09 bits per heavy atom. The van der Waals surface area contributed by atoms with Crippen molar-refractivity contribution in [3.8, 4) is 5.75 Å². The Balaban J connectivity index is 2.57. The van der Waals surface area contributed by atoms with E-state index in [1.54, 1.807) is 7.11 Å². The van der Waals surface area contributed by atoms with Crippen molar-refractivity contribution in [1.82, 2.24) is 0 Å². The molecule has 0 aliphatic heterocycles. The van der Waals surface area contributed by atoms with Crippen molar-refractivity contribution < 1.29 is 14.3 Å². The minimum Gasteiger partial charge on any atom is -0.494 e. The lowest BCUT2D eigenvalue weighted by molar-refractivity contribution is -0.136. The molecule has 0 aromatic heterocycles. The Hall–Kier alpha value is -1.55. The molecular weight excluding hydrogens is 290 g/mol. The molecular formula is C19H31NO3. The summed E-state index contributed by atoms with van der Waals surface area (Å²) in [5.41, 5.74) is -0.0255. The fraction of sp³-hybridized carbons (Fsp3) is 0.632. The molecule has 0 fully saturated rings. The van der Waals surface area contributed by atoms with E-state index in [1.165, 1.54) is 0 Å². The van der Waals surface area contributed by atoms with Gasteiger partial charge in [0.2, 0.25) is 0 Å². The Morgan fingerprint density at radius 3 is 2.30 bits per heavy atom. The molecule has 1 rings (SSSR count). The average Bonchev–Trinajstić information content (AvgIpc) is 2.56. The molecule has 0 saturated carbocycles. The standard InChI is InChI=1S/C19H31NO3/c1-5-7-9-14-19(3,22-4)18(21)20-16-10-12-17(13-11-16)23-15-8-6-2/h10-13H,5-9,14-15H2,1-4H3,(H,20,21). The van der Waals surface area contributed by atoms with E-state index in [4.69, 9.17) is 9.47 Å². The molecule has 0 radical (unpaired) electrons. The fourth-order valence-electron chi connectivity index (χ4n) is 2.25. The van der Waals surface area contributed by atoms with Gasteiger partial charge in [-0.25, -0.2) is 0 Å². The minimum absolute atomic E-state index is 0.101. The van der Waals surface area contributed by atoms with E-state index < -0.39 is 5.60 Å². The molecule has 0 saturated heterocycles. The predicted octanol–water partition coefficient (Wildman–Crippen LogP) is 4.79. The van der Waals surface area contributed by atoms with Crippen LogP contribution < -0.4 is 10.1 Å². The Labute approximate surface area is 140 Å². The molecule has 1 aromatic rings. The number of ether oxygens (including phenoxy) is 2. The van der Waals surface area contributed by atoms with Crippen molar-refractivity contribution in [2.45, 2.75) is 64.9 Å². The lowest BCUT2D eigenvalue weighted by Crippen LogP contribution is -2.41. The van der Waals surface area contributed by atoms with Crippen molar-refractivity contribution in [2.75, 3.05) is 19.0 Å². The van der Waals surface area contributed by atoms with E-state index in [0.29, 0.717) is 0 Å². The first-order chi connectivity index (χ1) is 11.1. The second-order valence-electron chi connectivity index (χ2n) is 6.07. The maximum absolute atomic E-state index is 12.5. The third-order valence-electron chi connectivity index (χ3n) is 4.07. The number of rotatable bonds is 11. The summed E-state index contributed by atoms with van der Waals surface area (Å²) in [7, 11) is 1.59. The zero-order valence-electron chi connectivity index (χ0n) is 15.0. The molecule has 1 aromatic carbocycles. The zero-order chi connectivity index (χ0) is 17.1. The van der Waals surface area contributed by atoms with Gasteiger partial charge in [0.25, 0.3) is 5.91 Å². The van der Waals surface area contributed by atoms with Gasteiger partial charge in [-0.2, -0.15) is 0 Å². The maximum atomic E-state index is 12.5. The number of methoxy groups -OCH3 is 1. The quantitative estimate of drug-likeness (QED) is 0.596. The van der Waals surface area contributed by atoms with Crippen LogP contribution in [0.25, 0.3) is 0 Å². The van der Waals surface area contributed by atoms with Crippen LogP contribution in [-0.2, 0) is 9.53 Å². The van der Waals surface area contributed by atoms with Crippen LogP contribution in [0.4, 0.5) is 5.69 Å². The molecule has 0 spiro atoms. The second kappa shape index (κ2) is 10.3. The topological polar surface area (TPSA) is 47.6 Å². The number of nitrogens with one attached hydrogen (secondary N) is 1. The molecule has 4 heteroatoms. The fourth-order valence-corrected chi connectivity index (χ4v) is 2.25. The lowest BCUT2D eigenvalue weighted by Gasteiger charge is -2.27. The van der Waals surface area contributed by atoms with E-state index in [-0.39, 0.29) is 5.91 Å². The van der Waals surface area contributed by atoms with Crippen LogP contribution >= 0.6 is 0 Å². The van der Waals surface area contributed by atoms with Crippen LogP contribution in [0.5, 0.6) is 5.75 Å². The molecule has 1 amide bonds. The number of unbranched alkanes of at least 4 members (excludes halogenated alkanes) is 3. The van der Waals surface area contributed by atoms with Gasteiger partial charge in [-0.1, -0.05) is 39.5 Å². The van der Waals surface area contributed by atoms with Crippen LogP contribution in [0, 0.1) is 0 Å². The number of hydrogen-bond acceptors (Lipinski definition) is 3. The highest BCUT2D eigenvalue weighted by atomic mass is 16.5. The highest BCUT2D eigenvalue weighted by molar-refractivity contribution is 5.97. The van der Waals surface area contributed by atoms with Gasteiger partial charge in [-0.3, -0.25) is 4.79 Å². The summed E-state index contributed by atoms with van der Waals surface area (Å²) in [5.74, 6) is 0.727. The van der Waals surface area contributed by atoms with Gasteiger partial charge in [-0.05, 0) is 44.0 Å². The largest absolute Gasteiger partial charge is 0.494 e. The summed E-state index contributed by atoms with van der Waals surface area (Å²) < 4.78 is 11.1. The molecule has 23 heavy (non-hydrogen) atoms. The van der Waals surface area contributed by atoms with E-state index in [2.05, 4.69) is 19.2 Å². The molecule has 1 N–H and O–H groups in total. The number of carbonyl (C=O) groups is 1. The second-order valence-corrected chi connectivity index (χ2v) is 6.07. The van der Waals surface area contributed by atoms with Crippen LogP contribution in [-0.4, -0.2) is 25.2 Å². The van der Waals surface area contributed by atoms with Crippen molar-refractivity contribution in [3.63, 3.8) is 0 Å². The summed E-state index contributed by atoms with van der Waals surface area (Å²) in [6.45, 7) is 6.85. The first-order valence-electron chi connectivity index (χ1n) is 8.65. The molecule has 0 heterocycles. The van der Waals surface area contributed by atoms with Crippen molar-refractivity contribution in [2.24, 2.45) is 0 Å². The number of amides is 1. The number of hydrogen-bond donors (Lipinski definition) is 1. The van der Waals surface area contributed by atoms with Crippen LogP contribution in [0.1, 0.15) is 59.3 Å². The van der Waals surface area contributed by atoms with Gasteiger partial charge in [0.15, 0.2) is 0 Å². The zero-order valence-corrected chi connectivity index (χ0v) is 15.0. The summed E-state index contributed by atoms with van der Waals surface area (Å²) in [5, 5.41) is 2.94. The first kappa shape index (κ1) is 19.5. The van der Waals surface area contributed by atoms with Crippen LogP contribution in [0.15, 0.2) is 24.3 Å². The number of benzene rings is 1. The molecule has 1 unspecified atom stereocenters. The molecule has 1 atom stereocenters. The van der Waals surface area contributed by atoms with Crippen molar-refractivity contribution in [3.05, 3.63) is 24.3 Å². The summed E-state index contributed by atoms with van der Waals surface area (Å²) in [6, 6.07) is 7.49. The normalized spacial score (nSPS) is 13.4. The Morgan fingerprint density at radius 2 is 1.74 bits per heavy atom. The highest BCUT2D eigenvalue weighted by Crippen LogP contribution is 2.22. The van der Waals surface area contributed by atoms with Gasteiger partial charge < -0.3 is 14.8 Å². The van der Waals surface area contributed by atoms with Crippen molar-refractivity contribution >= 4 is 11.6 Å². The minimum atomic E-state index is -0.786. The Kier molecular flexibility index (Phi) is 8.70. The molecule has 0 aliphatic rings. The number of carbonyl (C=O) groups excluding carboxylic acids is 1.